The van der Waals surface area contributed by atoms with Crippen molar-refractivity contribution in [1.29, 1.82) is 0 Å². The highest BCUT2D eigenvalue weighted by atomic mass is 16.5. The summed E-state index contributed by atoms with van der Waals surface area (Å²) in [6.07, 6.45) is 2.69. The predicted molar refractivity (Wildman–Crippen MR) is 63.1 cm³/mol. The smallest absolute Gasteiger partial charge is 0.360 e. The molecule has 0 aromatic carbocycles. The van der Waals surface area contributed by atoms with Crippen molar-refractivity contribution < 1.29 is 14.7 Å². The van der Waals surface area contributed by atoms with Gasteiger partial charge in [0.25, 0.3) is 0 Å². The highest BCUT2D eigenvalue weighted by Crippen LogP contribution is 2.12. The number of oxime groups is 1. The fourth-order valence-corrected chi connectivity index (χ4v) is 1.61. The number of hydrogen-bond acceptors (Lipinski definition) is 6. The third kappa shape index (κ3) is 2.02. The third-order valence-corrected chi connectivity index (χ3v) is 2.37. The van der Waals surface area contributed by atoms with E-state index >= 15 is 0 Å². The van der Waals surface area contributed by atoms with Crippen molar-refractivity contribution in [1.82, 2.24) is 14.4 Å². The van der Waals surface area contributed by atoms with Crippen LogP contribution in [0.15, 0.2) is 17.5 Å². The maximum absolute atomic E-state index is 11.7. The number of carbonyl (C=O) groups is 1. The Morgan fingerprint density at radius 1 is 1.67 bits per heavy atom. The Morgan fingerprint density at radius 3 is 3.11 bits per heavy atom. The van der Waals surface area contributed by atoms with Crippen molar-refractivity contribution in [2.24, 2.45) is 5.16 Å². The van der Waals surface area contributed by atoms with Gasteiger partial charge in [0, 0.05) is 5.69 Å². The van der Waals surface area contributed by atoms with Crippen molar-refractivity contribution in [3.63, 3.8) is 0 Å². The Morgan fingerprint density at radius 2 is 2.44 bits per heavy atom. The molecule has 94 valence electrons. The lowest BCUT2D eigenvalue weighted by atomic mass is 10.3. The second kappa shape index (κ2) is 4.82. The van der Waals surface area contributed by atoms with Crippen LogP contribution < -0.4 is 0 Å². The van der Waals surface area contributed by atoms with Gasteiger partial charge in [-0.2, -0.15) is 0 Å². The third-order valence-electron chi connectivity index (χ3n) is 2.37. The molecule has 0 fully saturated rings. The van der Waals surface area contributed by atoms with E-state index in [1.54, 1.807) is 17.4 Å². The van der Waals surface area contributed by atoms with E-state index in [2.05, 4.69) is 15.1 Å². The van der Waals surface area contributed by atoms with Crippen molar-refractivity contribution in [3.8, 4) is 0 Å². The minimum absolute atomic E-state index is 0.146. The van der Waals surface area contributed by atoms with Crippen LogP contribution in [0.5, 0.6) is 0 Å². The number of fused-ring (bicyclic) bond motifs is 1. The molecule has 2 heterocycles. The molecule has 0 atom stereocenters. The van der Waals surface area contributed by atoms with Crippen LogP contribution in [0.3, 0.4) is 0 Å². The number of hydrogen-bond donors (Lipinski definition) is 1. The summed E-state index contributed by atoms with van der Waals surface area (Å²) in [5, 5.41) is 11.4. The minimum atomic E-state index is -0.523. The summed E-state index contributed by atoms with van der Waals surface area (Å²) in [7, 11) is 0. The average Bonchev–Trinajstić information content (AvgIpc) is 2.74. The molecule has 7 heteroatoms. The van der Waals surface area contributed by atoms with Gasteiger partial charge in [0.1, 0.15) is 6.33 Å². The number of imidazole rings is 1. The van der Waals surface area contributed by atoms with Gasteiger partial charge in [0.05, 0.1) is 18.5 Å². The van der Waals surface area contributed by atoms with Crippen LogP contribution in [0.2, 0.25) is 0 Å². The molecular formula is C11H12N4O3. The highest BCUT2D eigenvalue weighted by Gasteiger charge is 2.17. The van der Waals surface area contributed by atoms with E-state index in [0.29, 0.717) is 11.3 Å². The van der Waals surface area contributed by atoms with E-state index in [-0.39, 0.29) is 12.3 Å². The lowest BCUT2D eigenvalue weighted by molar-refractivity contribution is 0.0522. The highest BCUT2D eigenvalue weighted by molar-refractivity contribution is 5.94. The summed E-state index contributed by atoms with van der Waals surface area (Å²) in [5.74, 6) is -0.523. The largest absolute Gasteiger partial charge is 0.461 e. The number of nitrogens with zero attached hydrogens (tertiary/aromatic N) is 4. The Hall–Kier alpha value is -2.44. The first kappa shape index (κ1) is 12.0. The maximum atomic E-state index is 11.7. The van der Waals surface area contributed by atoms with E-state index < -0.39 is 5.97 Å². The summed E-state index contributed by atoms with van der Waals surface area (Å²) >= 11 is 0. The number of aryl methyl sites for hydroxylation is 1. The van der Waals surface area contributed by atoms with Gasteiger partial charge in [-0.3, -0.25) is 4.40 Å². The zero-order valence-corrected chi connectivity index (χ0v) is 9.99. The zero-order valence-electron chi connectivity index (χ0n) is 9.99. The number of aromatic nitrogens is 3. The topological polar surface area (TPSA) is 89.1 Å². The zero-order chi connectivity index (χ0) is 13.1. The van der Waals surface area contributed by atoms with Crippen LogP contribution in [0.1, 0.15) is 28.8 Å². The van der Waals surface area contributed by atoms with Gasteiger partial charge in [-0.15, -0.1) is 0 Å². The average molecular weight is 248 g/mol. The Kier molecular flexibility index (Phi) is 3.22. The molecule has 0 saturated heterocycles. The monoisotopic (exact) mass is 248 g/mol. The fraction of sp³-hybridized carbons (Fsp3) is 0.273. The lowest BCUT2D eigenvalue weighted by Crippen LogP contribution is -2.07. The Labute approximate surface area is 103 Å². The van der Waals surface area contributed by atoms with Crippen molar-refractivity contribution in [2.45, 2.75) is 13.8 Å². The molecule has 0 saturated carbocycles. The molecule has 0 amide bonds. The first-order valence-electron chi connectivity index (χ1n) is 5.36. The van der Waals surface area contributed by atoms with Crippen LogP contribution in [0.25, 0.3) is 5.65 Å². The quantitative estimate of drug-likeness (QED) is 0.379. The van der Waals surface area contributed by atoms with Gasteiger partial charge in [-0.05, 0) is 19.9 Å². The van der Waals surface area contributed by atoms with Gasteiger partial charge in [-0.1, -0.05) is 5.16 Å². The second-order valence-electron chi connectivity index (χ2n) is 3.57. The number of ether oxygens (including phenoxy) is 1. The van der Waals surface area contributed by atoms with E-state index in [4.69, 9.17) is 9.94 Å². The molecule has 1 N–H and O–H groups in total. The van der Waals surface area contributed by atoms with Crippen molar-refractivity contribution >= 4 is 17.8 Å². The van der Waals surface area contributed by atoms with Crippen molar-refractivity contribution in [2.75, 3.05) is 6.61 Å². The molecule has 0 unspecified atom stereocenters. The van der Waals surface area contributed by atoms with E-state index in [1.807, 2.05) is 6.92 Å². The van der Waals surface area contributed by atoms with E-state index in [9.17, 15) is 4.79 Å². The summed E-state index contributed by atoms with van der Waals surface area (Å²) in [6, 6.07) is 1.71. The first-order chi connectivity index (χ1) is 8.67. The van der Waals surface area contributed by atoms with Gasteiger partial charge in [0.2, 0.25) is 0 Å². The number of rotatable bonds is 3. The summed E-state index contributed by atoms with van der Waals surface area (Å²) in [5.41, 5.74) is 1.78. The van der Waals surface area contributed by atoms with Gasteiger partial charge in [0.15, 0.2) is 11.3 Å². The lowest BCUT2D eigenvalue weighted by Gasteiger charge is -2.02. The van der Waals surface area contributed by atoms with Crippen molar-refractivity contribution in [3.05, 3.63) is 29.5 Å². The molecule has 0 aliphatic carbocycles. The van der Waals surface area contributed by atoms with Gasteiger partial charge >= 0.3 is 5.97 Å². The first-order valence-corrected chi connectivity index (χ1v) is 5.36. The molecule has 2 aromatic rings. The predicted octanol–water partition coefficient (Wildman–Crippen LogP) is 1.02. The molecular weight excluding hydrogens is 236 g/mol. The van der Waals surface area contributed by atoms with Crippen LogP contribution in [-0.4, -0.2) is 38.4 Å². The molecule has 0 radical (unpaired) electrons. The van der Waals surface area contributed by atoms with Crippen LogP contribution in [-0.2, 0) is 4.74 Å². The maximum Gasteiger partial charge on any atom is 0.360 e. The summed E-state index contributed by atoms with van der Waals surface area (Å²) in [6.45, 7) is 3.83. The molecule has 0 aliphatic heterocycles. The fourth-order valence-electron chi connectivity index (χ4n) is 1.61. The standard InChI is InChI=1S/C11H12N4O3/c1-3-18-11(16)9-10-14-8(5-13-17)4-7(2)15(10)6-12-9/h4-6,17H,3H2,1-2H3. The summed E-state index contributed by atoms with van der Waals surface area (Å²) < 4.78 is 6.56. The Bertz CT molecular complexity index is 618. The normalized spacial score (nSPS) is 11.2. The molecule has 0 spiro atoms. The van der Waals surface area contributed by atoms with E-state index in [0.717, 1.165) is 5.69 Å². The Balaban J connectivity index is 2.59. The number of carbonyl (C=O) groups excluding carboxylic acids is 1. The molecule has 2 aromatic heterocycles. The second-order valence-corrected chi connectivity index (χ2v) is 3.57. The molecule has 7 nitrogen and oxygen atoms in total. The molecule has 2 rings (SSSR count). The van der Waals surface area contributed by atoms with Gasteiger partial charge < -0.3 is 9.94 Å². The van der Waals surface area contributed by atoms with E-state index in [1.165, 1.54) is 12.5 Å². The van der Waals surface area contributed by atoms with Crippen LogP contribution in [0, 0.1) is 6.92 Å². The number of esters is 1. The molecule has 0 aliphatic rings. The molecule has 0 bridgehead atoms. The SMILES string of the molecule is CCOC(=O)c1ncn2c(C)cc(C=NO)nc12. The van der Waals surface area contributed by atoms with Crippen LogP contribution >= 0.6 is 0 Å². The summed E-state index contributed by atoms with van der Waals surface area (Å²) in [4.78, 5) is 19.9. The van der Waals surface area contributed by atoms with Gasteiger partial charge in [-0.25, -0.2) is 14.8 Å². The minimum Gasteiger partial charge on any atom is -0.461 e. The molecule has 18 heavy (non-hydrogen) atoms. The van der Waals surface area contributed by atoms with Crippen LogP contribution in [0.4, 0.5) is 0 Å².